The maximum atomic E-state index is 12.5. The number of sulfonamides is 1. The zero-order valence-corrected chi connectivity index (χ0v) is 19.4. The van der Waals surface area contributed by atoms with Gasteiger partial charge < -0.3 is 4.74 Å². The van der Waals surface area contributed by atoms with E-state index in [1.165, 1.54) is 30.4 Å². The molecule has 2 aromatic heterocycles. The Labute approximate surface area is 191 Å². The second kappa shape index (κ2) is 9.68. The molecule has 0 atom stereocenters. The molecule has 0 fully saturated rings. The Morgan fingerprint density at radius 1 is 1.03 bits per heavy atom. The van der Waals surface area contributed by atoms with E-state index in [2.05, 4.69) is 39.1 Å². The SMILES string of the molecule is COc1ccc(S(=O)(=O)NCCc2nnc3ccc(SCc4ccccc4C)nn23)cc1. The van der Waals surface area contributed by atoms with E-state index in [0.29, 0.717) is 23.6 Å². The molecule has 32 heavy (non-hydrogen) atoms. The average Bonchev–Trinajstić information content (AvgIpc) is 3.21. The van der Waals surface area contributed by atoms with Crippen LogP contribution < -0.4 is 9.46 Å². The fourth-order valence-electron chi connectivity index (χ4n) is 3.11. The van der Waals surface area contributed by atoms with Crippen LogP contribution in [0.4, 0.5) is 0 Å². The minimum absolute atomic E-state index is 0.178. The monoisotopic (exact) mass is 469 g/mol. The number of aryl methyl sites for hydroxylation is 1. The second-order valence-electron chi connectivity index (χ2n) is 7.10. The van der Waals surface area contributed by atoms with Gasteiger partial charge in [-0.05, 0) is 54.4 Å². The number of hydrogen-bond donors (Lipinski definition) is 1. The van der Waals surface area contributed by atoms with Gasteiger partial charge in [0.15, 0.2) is 11.5 Å². The number of fused-ring (bicyclic) bond motifs is 1. The summed E-state index contributed by atoms with van der Waals surface area (Å²) >= 11 is 1.63. The summed E-state index contributed by atoms with van der Waals surface area (Å²) in [5, 5.41) is 13.8. The first-order chi connectivity index (χ1) is 15.5. The molecule has 166 valence electrons. The maximum Gasteiger partial charge on any atom is 0.240 e. The van der Waals surface area contributed by atoms with Gasteiger partial charge in [0.25, 0.3) is 0 Å². The summed E-state index contributed by atoms with van der Waals surface area (Å²) in [4.78, 5) is 0.178. The van der Waals surface area contributed by atoms with Gasteiger partial charge in [0.2, 0.25) is 10.0 Å². The Kier molecular flexibility index (Phi) is 6.73. The van der Waals surface area contributed by atoms with Crippen LogP contribution in [0.2, 0.25) is 0 Å². The second-order valence-corrected chi connectivity index (χ2v) is 9.86. The first kappa shape index (κ1) is 22.3. The summed E-state index contributed by atoms with van der Waals surface area (Å²) in [7, 11) is -2.10. The van der Waals surface area contributed by atoms with Gasteiger partial charge in [0, 0.05) is 18.7 Å². The number of ether oxygens (including phenoxy) is 1. The molecular formula is C22H23N5O3S2. The summed E-state index contributed by atoms with van der Waals surface area (Å²) in [6, 6.07) is 18.3. The molecule has 0 aliphatic rings. The van der Waals surface area contributed by atoms with Crippen LogP contribution in [0.15, 0.2) is 70.6 Å². The molecule has 2 heterocycles. The zero-order chi connectivity index (χ0) is 22.6. The highest BCUT2D eigenvalue weighted by molar-refractivity contribution is 7.98. The summed E-state index contributed by atoms with van der Waals surface area (Å²) < 4.78 is 34.4. The molecule has 4 aromatic rings. The highest BCUT2D eigenvalue weighted by atomic mass is 32.2. The van der Waals surface area contributed by atoms with Crippen LogP contribution in [-0.2, 0) is 22.2 Å². The molecule has 0 saturated heterocycles. The standard InChI is InChI=1S/C22H23N5O3S2/c1-16-5-3-4-6-17(16)15-31-22-12-11-20-24-25-21(27(20)26-22)13-14-23-32(28,29)19-9-7-18(30-2)8-10-19/h3-12,23H,13-15H2,1-2H3. The Hall–Kier alpha value is -2.95. The third-order valence-corrected chi connectivity index (χ3v) is 7.40. The lowest BCUT2D eigenvalue weighted by Gasteiger charge is -2.07. The lowest BCUT2D eigenvalue weighted by molar-refractivity contribution is 0.414. The van der Waals surface area contributed by atoms with Gasteiger partial charge in [0.1, 0.15) is 10.8 Å². The fourth-order valence-corrected chi connectivity index (χ4v) is 5.07. The topological polar surface area (TPSA) is 98.5 Å². The van der Waals surface area contributed by atoms with E-state index in [9.17, 15) is 8.42 Å². The Bertz CT molecular complexity index is 1320. The zero-order valence-electron chi connectivity index (χ0n) is 17.7. The van der Waals surface area contributed by atoms with E-state index in [4.69, 9.17) is 4.74 Å². The Morgan fingerprint density at radius 2 is 1.81 bits per heavy atom. The predicted molar refractivity (Wildman–Crippen MR) is 123 cm³/mol. The minimum atomic E-state index is -3.63. The minimum Gasteiger partial charge on any atom is -0.497 e. The number of hydrogen-bond acceptors (Lipinski definition) is 7. The van der Waals surface area contributed by atoms with Crippen LogP contribution in [0.3, 0.4) is 0 Å². The maximum absolute atomic E-state index is 12.5. The first-order valence-electron chi connectivity index (χ1n) is 9.98. The van der Waals surface area contributed by atoms with Crippen LogP contribution >= 0.6 is 11.8 Å². The quantitative estimate of drug-likeness (QED) is 0.376. The van der Waals surface area contributed by atoms with Gasteiger partial charge in [-0.3, -0.25) is 0 Å². The van der Waals surface area contributed by atoms with Crippen molar-refractivity contribution in [3.63, 3.8) is 0 Å². The summed E-state index contributed by atoms with van der Waals surface area (Å²) in [6.07, 6.45) is 0.357. The van der Waals surface area contributed by atoms with Crippen molar-refractivity contribution in [2.75, 3.05) is 13.7 Å². The highest BCUT2D eigenvalue weighted by Gasteiger charge is 2.15. The molecule has 1 N–H and O–H groups in total. The molecule has 0 aliphatic carbocycles. The Balaban J connectivity index is 1.41. The van der Waals surface area contributed by atoms with Crippen molar-refractivity contribution in [3.8, 4) is 5.75 Å². The number of thioether (sulfide) groups is 1. The predicted octanol–water partition coefficient (Wildman–Crippen LogP) is 3.25. The van der Waals surface area contributed by atoms with Crippen molar-refractivity contribution in [2.24, 2.45) is 0 Å². The number of rotatable bonds is 9. The van der Waals surface area contributed by atoms with Gasteiger partial charge in [0.05, 0.1) is 12.0 Å². The average molecular weight is 470 g/mol. The van der Waals surface area contributed by atoms with Crippen molar-refractivity contribution in [2.45, 2.75) is 29.0 Å². The molecule has 2 aromatic carbocycles. The van der Waals surface area contributed by atoms with Crippen LogP contribution in [0.25, 0.3) is 5.65 Å². The molecular weight excluding hydrogens is 446 g/mol. The molecule has 8 nitrogen and oxygen atoms in total. The fraction of sp³-hybridized carbons (Fsp3) is 0.227. The van der Waals surface area contributed by atoms with Crippen LogP contribution in [0, 0.1) is 6.92 Å². The van der Waals surface area contributed by atoms with Gasteiger partial charge in [-0.2, -0.15) is 9.61 Å². The van der Waals surface area contributed by atoms with Crippen molar-refractivity contribution >= 4 is 27.4 Å². The molecule has 0 spiro atoms. The van der Waals surface area contributed by atoms with E-state index in [1.54, 1.807) is 28.4 Å². The molecule has 0 amide bonds. The van der Waals surface area contributed by atoms with E-state index < -0.39 is 10.0 Å². The summed E-state index contributed by atoms with van der Waals surface area (Å²) in [5.41, 5.74) is 3.13. The summed E-state index contributed by atoms with van der Waals surface area (Å²) in [6.45, 7) is 2.27. The third kappa shape index (κ3) is 5.09. The highest BCUT2D eigenvalue weighted by Crippen LogP contribution is 2.23. The number of benzene rings is 2. The molecule has 0 aliphatic heterocycles. The molecule has 0 bridgehead atoms. The van der Waals surface area contributed by atoms with Crippen molar-refractivity contribution in [1.82, 2.24) is 24.5 Å². The number of nitrogens with zero attached hydrogens (tertiary/aromatic N) is 4. The molecule has 4 rings (SSSR count). The van der Waals surface area contributed by atoms with Gasteiger partial charge >= 0.3 is 0 Å². The molecule has 10 heteroatoms. The first-order valence-corrected chi connectivity index (χ1v) is 12.5. The molecule has 0 radical (unpaired) electrons. The lowest BCUT2D eigenvalue weighted by Crippen LogP contribution is -2.26. The van der Waals surface area contributed by atoms with Crippen LogP contribution in [0.5, 0.6) is 5.75 Å². The van der Waals surface area contributed by atoms with E-state index >= 15 is 0 Å². The number of aromatic nitrogens is 4. The Morgan fingerprint density at radius 3 is 2.56 bits per heavy atom. The normalized spacial score (nSPS) is 11.7. The van der Waals surface area contributed by atoms with Gasteiger partial charge in [-0.25, -0.2) is 13.1 Å². The van der Waals surface area contributed by atoms with E-state index in [-0.39, 0.29) is 11.4 Å². The third-order valence-electron chi connectivity index (χ3n) is 4.95. The van der Waals surface area contributed by atoms with Crippen molar-refractivity contribution in [3.05, 3.63) is 77.6 Å². The van der Waals surface area contributed by atoms with Crippen LogP contribution in [0.1, 0.15) is 17.0 Å². The number of methoxy groups -OCH3 is 1. The van der Waals surface area contributed by atoms with E-state index in [1.807, 2.05) is 24.3 Å². The van der Waals surface area contributed by atoms with Crippen molar-refractivity contribution < 1.29 is 13.2 Å². The smallest absolute Gasteiger partial charge is 0.240 e. The van der Waals surface area contributed by atoms with Gasteiger partial charge in [-0.1, -0.05) is 36.0 Å². The summed E-state index contributed by atoms with van der Waals surface area (Å²) in [5.74, 6) is 2.00. The van der Waals surface area contributed by atoms with Crippen molar-refractivity contribution in [1.29, 1.82) is 0 Å². The molecule has 0 saturated carbocycles. The number of nitrogens with one attached hydrogen (secondary N) is 1. The van der Waals surface area contributed by atoms with E-state index in [0.717, 1.165) is 10.8 Å². The largest absolute Gasteiger partial charge is 0.497 e. The van der Waals surface area contributed by atoms with Gasteiger partial charge in [-0.15, -0.1) is 10.2 Å². The lowest BCUT2D eigenvalue weighted by atomic mass is 10.1. The molecule has 0 unspecified atom stereocenters. The van der Waals surface area contributed by atoms with Crippen LogP contribution in [-0.4, -0.2) is 41.9 Å².